The van der Waals surface area contributed by atoms with Gasteiger partial charge in [0.15, 0.2) is 0 Å². The number of nitrogens with two attached hydrogens (primary N) is 1. The normalized spacial score (nSPS) is 9.94. The number of halogens is 1. The summed E-state index contributed by atoms with van der Waals surface area (Å²) < 4.78 is 10.0. The van der Waals surface area contributed by atoms with Gasteiger partial charge in [0.1, 0.15) is 11.3 Å². The number of methoxy groups -OCH3 is 1. The highest BCUT2D eigenvalue weighted by Crippen LogP contribution is 2.29. The molecule has 16 heavy (non-hydrogen) atoms. The van der Waals surface area contributed by atoms with Crippen LogP contribution in [-0.4, -0.2) is 19.7 Å². The molecule has 1 rings (SSSR count). The van der Waals surface area contributed by atoms with E-state index in [4.69, 9.17) is 26.8 Å². The van der Waals surface area contributed by atoms with Crippen molar-refractivity contribution in [1.29, 1.82) is 0 Å². The van der Waals surface area contributed by atoms with Gasteiger partial charge in [-0.1, -0.05) is 18.5 Å². The first-order valence-electron chi connectivity index (χ1n) is 4.90. The third kappa shape index (κ3) is 2.79. The van der Waals surface area contributed by atoms with Crippen LogP contribution in [0.15, 0.2) is 12.1 Å². The second kappa shape index (κ2) is 5.61. The summed E-state index contributed by atoms with van der Waals surface area (Å²) >= 11 is 5.83. The lowest BCUT2D eigenvalue weighted by Crippen LogP contribution is -2.08. The lowest BCUT2D eigenvalue weighted by Gasteiger charge is -2.10. The number of hydrogen-bond acceptors (Lipinski definition) is 4. The van der Waals surface area contributed by atoms with Crippen molar-refractivity contribution < 1.29 is 14.3 Å². The van der Waals surface area contributed by atoms with Crippen molar-refractivity contribution in [3.63, 3.8) is 0 Å². The van der Waals surface area contributed by atoms with Gasteiger partial charge in [0.05, 0.1) is 24.4 Å². The van der Waals surface area contributed by atoms with Crippen LogP contribution in [-0.2, 0) is 4.74 Å². The van der Waals surface area contributed by atoms with Gasteiger partial charge in [-0.2, -0.15) is 0 Å². The molecule has 2 N–H and O–H groups in total. The first-order chi connectivity index (χ1) is 7.60. The monoisotopic (exact) mass is 243 g/mol. The topological polar surface area (TPSA) is 61.5 Å². The van der Waals surface area contributed by atoms with Crippen LogP contribution in [0.25, 0.3) is 0 Å². The number of carbonyl (C=O) groups is 1. The van der Waals surface area contributed by atoms with Crippen LogP contribution >= 0.6 is 11.6 Å². The predicted molar refractivity (Wildman–Crippen MR) is 63.0 cm³/mol. The first kappa shape index (κ1) is 12.6. The van der Waals surface area contributed by atoms with Gasteiger partial charge in [-0.05, 0) is 12.5 Å². The molecule has 0 aliphatic heterocycles. The summed E-state index contributed by atoms with van der Waals surface area (Å²) in [5, 5.41) is 0.309. The molecule has 0 amide bonds. The Bertz CT molecular complexity index is 393. The molecule has 0 atom stereocenters. The predicted octanol–water partition coefficient (Wildman–Crippen LogP) is 2.50. The summed E-state index contributed by atoms with van der Waals surface area (Å²) in [5.74, 6) is -0.0939. The van der Waals surface area contributed by atoms with E-state index in [9.17, 15) is 4.79 Å². The van der Waals surface area contributed by atoms with Crippen molar-refractivity contribution in [3.8, 4) is 5.75 Å². The molecule has 1 aromatic rings. The second-order valence-electron chi connectivity index (χ2n) is 3.21. The Morgan fingerprint density at radius 2 is 2.19 bits per heavy atom. The van der Waals surface area contributed by atoms with E-state index in [2.05, 4.69) is 0 Å². The Kier molecular flexibility index (Phi) is 4.43. The maximum atomic E-state index is 11.6. The third-order valence-electron chi connectivity index (χ3n) is 1.98. The zero-order valence-electron chi connectivity index (χ0n) is 9.25. The Morgan fingerprint density at radius 1 is 1.50 bits per heavy atom. The van der Waals surface area contributed by atoms with Crippen molar-refractivity contribution in [2.24, 2.45) is 0 Å². The smallest absolute Gasteiger partial charge is 0.341 e. The number of ether oxygens (including phenoxy) is 2. The molecule has 0 aliphatic rings. The summed E-state index contributed by atoms with van der Waals surface area (Å²) in [6.45, 7) is 2.28. The van der Waals surface area contributed by atoms with E-state index in [1.165, 1.54) is 19.2 Å². The molecule has 0 aliphatic carbocycles. The second-order valence-corrected chi connectivity index (χ2v) is 3.62. The molecule has 4 nitrogen and oxygen atoms in total. The number of carbonyl (C=O) groups excluding carboxylic acids is 1. The Morgan fingerprint density at radius 3 is 2.75 bits per heavy atom. The minimum atomic E-state index is -0.458. The van der Waals surface area contributed by atoms with Crippen molar-refractivity contribution in [2.75, 3.05) is 19.5 Å². The Hall–Kier alpha value is -1.42. The zero-order valence-corrected chi connectivity index (χ0v) is 10.0. The van der Waals surface area contributed by atoms with Crippen LogP contribution in [0.4, 0.5) is 5.69 Å². The van der Waals surface area contributed by atoms with E-state index in [0.29, 0.717) is 23.1 Å². The van der Waals surface area contributed by atoms with Gasteiger partial charge in [0, 0.05) is 6.07 Å². The molecule has 0 aromatic heterocycles. The lowest BCUT2D eigenvalue weighted by atomic mass is 10.2. The van der Waals surface area contributed by atoms with Crippen molar-refractivity contribution >= 4 is 23.3 Å². The largest absolute Gasteiger partial charge is 0.496 e. The standard InChI is InChI=1S/C11H14ClNO3/c1-3-4-16-11(14)7-5-8(12)9(13)6-10(7)15-2/h5-6H,3-4,13H2,1-2H3. The SMILES string of the molecule is CCCOC(=O)c1cc(Cl)c(N)cc1OC. The molecule has 0 fully saturated rings. The minimum absolute atomic E-state index is 0.287. The van der Waals surface area contributed by atoms with E-state index in [1.54, 1.807) is 0 Å². The molecule has 0 unspecified atom stereocenters. The van der Waals surface area contributed by atoms with Crippen LogP contribution < -0.4 is 10.5 Å². The average Bonchev–Trinajstić information content (AvgIpc) is 2.28. The summed E-state index contributed by atoms with van der Waals surface area (Å²) in [6, 6.07) is 2.96. The number of hydrogen-bond donors (Lipinski definition) is 1. The quantitative estimate of drug-likeness (QED) is 0.652. The van der Waals surface area contributed by atoms with Gasteiger partial charge < -0.3 is 15.2 Å². The molecule has 0 heterocycles. The van der Waals surface area contributed by atoms with Crippen molar-refractivity contribution in [2.45, 2.75) is 13.3 Å². The number of anilines is 1. The maximum Gasteiger partial charge on any atom is 0.341 e. The lowest BCUT2D eigenvalue weighted by molar-refractivity contribution is 0.0501. The summed E-state index contributed by atoms with van der Waals surface area (Å²) in [7, 11) is 1.46. The van der Waals surface area contributed by atoms with E-state index >= 15 is 0 Å². The van der Waals surface area contributed by atoms with E-state index < -0.39 is 5.97 Å². The van der Waals surface area contributed by atoms with Gasteiger partial charge >= 0.3 is 5.97 Å². The summed E-state index contributed by atoms with van der Waals surface area (Å²) in [5.41, 5.74) is 6.25. The number of esters is 1. The third-order valence-corrected chi connectivity index (χ3v) is 2.30. The highest BCUT2D eigenvalue weighted by atomic mass is 35.5. The Labute approximate surface area is 99.3 Å². The fourth-order valence-electron chi connectivity index (χ4n) is 1.17. The number of nitrogen functional groups attached to an aromatic ring is 1. The molecule has 5 heteroatoms. The van der Waals surface area contributed by atoms with Crippen LogP contribution in [0.5, 0.6) is 5.75 Å². The fourth-order valence-corrected chi connectivity index (χ4v) is 1.33. The van der Waals surface area contributed by atoms with Crippen molar-refractivity contribution in [3.05, 3.63) is 22.7 Å². The summed E-state index contributed by atoms with van der Waals surface area (Å²) in [4.78, 5) is 11.6. The van der Waals surface area contributed by atoms with Gasteiger partial charge in [-0.3, -0.25) is 0 Å². The van der Waals surface area contributed by atoms with Gasteiger partial charge in [0.25, 0.3) is 0 Å². The minimum Gasteiger partial charge on any atom is -0.496 e. The van der Waals surface area contributed by atoms with E-state index in [1.807, 2.05) is 6.92 Å². The molecule has 0 saturated heterocycles. The maximum absolute atomic E-state index is 11.6. The highest BCUT2D eigenvalue weighted by molar-refractivity contribution is 6.33. The molecular weight excluding hydrogens is 230 g/mol. The summed E-state index contributed by atoms with van der Waals surface area (Å²) in [6.07, 6.45) is 0.761. The van der Waals surface area contributed by atoms with Crippen LogP contribution in [0.2, 0.25) is 5.02 Å². The van der Waals surface area contributed by atoms with Crippen LogP contribution in [0.3, 0.4) is 0 Å². The van der Waals surface area contributed by atoms with Gasteiger partial charge in [0.2, 0.25) is 0 Å². The molecule has 88 valence electrons. The molecule has 0 radical (unpaired) electrons. The molecule has 0 saturated carbocycles. The van der Waals surface area contributed by atoms with Crippen molar-refractivity contribution in [1.82, 2.24) is 0 Å². The average molecular weight is 244 g/mol. The fraction of sp³-hybridized carbons (Fsp3) is 0.364. The highest BCUT2D eigenvalue weighted by Gasteiger charge is 2.15. The number of benzene rings is 1. The van der Waals surface area contributed by atoms with E-state index in [0.717, 1.165) is 6.42 Å². The molecule has 1 aromatic carbocycles. The van der Waals surface area contributed by atoms with Gasteiger partial charge in [-0.25, -0.2) is 4.79 Å². The molecule has 0 bridgehead atoms. The van der Waals surface area contributed by atoms with Gasteiger partial charge in [-0.15, -0.1) is 0 Å². The molecule has 0 spiro atoms. The molecular formula is C11H14ClNO3. The van der Waals surface area contributed by atoms with E-state index in [-0.39, 0.29) is 5.56 Å². The van der Waals surface area contributed by atoms with Crippen LogP contribution in [0, 0.1) is 0 Å². The zero-order chi connectivity index (χ0) is 12.1. The van der Waals surface area contributed by atoms with Crippen LogP contribution in [0.1, 0.15) is 23.7 Å². The Balaban J connectivity index is 3.02. The first-order valence-corrected chi connectivity index (χ1v) is 5.28. The number of rotatable bonds is 4.